The molecule has 0 fully saturated rings. The van der Waals surface area contributed by atoms with Crippen LogP contribution in [0.25, 0.3) is 0 Å². The van der Waals surface area contributed by atoms with Crippen LogP contribution in [0.5, 0.6) is 0 Å². The maximum atomic E-state index is 12.4. The van der Waals surface area contributed by atoms with Gasteiger partial charge < -0.3 is 10.2 Å². The zero-order chi connectivity index (χ0) is 21.7. The Hall–Kier alpha value is -2.91. The monoisotopic (exact) mass is 444 g/mol. The van der Waals surface area contributed by atoms with E-state index in [1.807, 2.05) is 50.2 Å². The number of aromatic nitrogens is 1. The van der Waals surface area contributed by atoms with Crippen LogP contribution < -0.4 is 14.9 Å². The predicted octanol–water partition coefficient (Wildman–Crippen LogP) is 3.89. The molecule has 0 unspecified atom stereocenters. The van der Waals surface area contributed by atoms with Crippen molar-refractivity contribution in [2.45, 2.75) is 24.7 Å². The topological polar surface area (TPSA) is 91.4 Å². The summed E-state index contributed by atoms with van der Waals surface area (Å²) in [4.78, 5) is 18.7. The van der Waals surface area contributed by atoms with Gasteiger partial charge in [-0.1, -0.05) is 17.7 Å². The smallest absolute Gasteiger partial charge is 0.263 e. The second-order valence-electron chi connectivity index (χ2n) is 7.05. The molecule has 7 nitrogen and oxygen atoms in total. The van der Waals surface area contributed by atoms with E-state index in [0.717, 1.165) is 16.9 Å². The number of sulfonamides is 1. The van der Waals surface area contributed by atoms with E-state index in [1.165, 1.54) is 11.3 Å². The molecule has 1 amide bonds. The summed E-state index contributed by atoms with van der Waals surface area (Å²) in [5.74, 6) is -0.123. The number of hydrogen-bond donors (Lipinski definition) is 2. The molecule has 0 bridgehead atoms. The number of thiazole rings is 1. The van der Waals surface area contributed by atoms with Crippen molar-refractivity contribution in [1.82, 2.24) is 4.98 Å². The maximum absolute atomic E-state index is 12.4. The zero-order valence-corrected chi connectivity index (χ0v) is 18.7. The number of nitrogens with zero attached hydrogens (tertiary/aromatic N) is 2. The van der Waals surface area contributed by atoms with Crippen molar-refractivity contribution in [1.29, 1.82) is 0 Å². The molecule has 2 N–H and O–H groups in total. The standard InChI is InChI=1S/C21H24N4O3S2/c1-15-4-11-19(12-5-15)30(27,28)24-21-23-17(14-29-21)8-13-20(26)22-16-6-9-18(10-7-16)25(2)3/h4-7,9-12,14H,8,13H2,1-3H3,(H,22,26)(H,23,24). The largest absolute Gasteiger partial charge is 0.378 e. The predicted molar refractivity (Wildman–Crippen MR) is 122 cm³/mol. The second-order valence-corrected chi connectivity index (χ2v) is 9.59. The van der Waals surface area contributed by atoms with Gasteiger partial charge in [-0.2, -0.15) is 0 Å². The molecular formula is C21H24N4O3S2. The number of hydrogen-bond acceptors (Lipinski definition) is 6. The third kappa shape index (κ3) is 5.80. The highest BCUT2D eigenvalue weighted by Crippen LogP contribution is 2.21. The van der Waals surface area contributed by atoms with Gasteiger partial charge in [-0.05, 0) is 49.7 Å². The average Bonchev–Trinajstić information content (AvgIpc) is 3.14. The van der Waals surface area contributed by atoms with E-state index in [2.05, 4.69) is 15.0 Å². The molecular weight excluding hydrogens is 420 g/mol. The zero-order valence-electron chi connectivity index (χ0n) is 17.0. The number of nitrogens with one attached hydrogen (secondary N) is 2. The van der Waals surface area contributed by atoms with Crippen LogP contribution in [0.15, 0.2) is 58.8 Å². The summed E-state index contributed by atoms with van der Waals surface area (Å²) in [6.07, 6.45) is 0.674. The molecule has 9 heteroatoms. The van der Waals surface area contributed by atoms with Gasteiger partial charge in [0.15, 0.2) is 5.13 Å². The van der Waals surface area contributed by atoms with Gasteiger partial charge in [0, 0.05) is 37.3 Å². The Morgan fingerprint density at radius 1 is 1.07 bits per heavy atom. The lowest BCUT2D eigenvalue weighted by atomic mass is 10.2. The van der Waals surface area contributed by atoms with E-state index in [9.17, 15) is 13.2 Å². The number of carbonyl (C=O) groups is 1. The molecule has 2 aromatic carbocycles. The maximum Gasteiger partial charge on any atom is 0.263 e. The quantitative estimate of drug-likeness (QED) is 0.550. The van der Waals surface area contributed by atoms with Gasteiger partial charge in [0.2, 0.25) is 5.91 Å². The first-order chi connectivity index (χ1) is 14.2. The lowest BCUT2D eigenvalue weighted by Gasteiger charge is -2.13. The van der Waals surface area contributed by atoms with Gasteiger partial charge in [0.05, 0.1) is 10.6 Å². The molecule has 0 atom stereocenters. The normalized spacial score (nSPS) is 11.2. The van der Waals surface area contributed by atoms with Gasteiger partial charge in [-0.15, -0.1) is 11.3 Å². The molecule has 0 aliphatic carbocycles. The third-order valence-corrected chi connectivity index (χ3v) is 6.67. The minimum absolute atomic E-state index is 0.123. The number of amides is 1. The molecule has 0 aliphatic rings. The van der Waals surface area contributed by atoms with Gasteiger partial charge in [-0.3, -0.25) is 9.52 Å². The molecule has 0 spiro atoms. The number of carbonyl (C=O) groups excluding carboxylic acids is 1. The summed E-state index contributed by atoms with van der Waals surface area (Å²) >= 11 is 1.20. The van der Waals surface area contributed by atoms with Crippen molar-refractivity contribution in [2.24, 2.45) is 0 Å². The van der Waals surface area contributed by atoms with E-state index >= 15 is 0 Å². The van der Waals surface area contributed by atoms with Crippen molar-refractivity contribution in [2.75, 3.05) is 29.0 Å². The van der Waals surface area contributed by atoms with Gasteiger partial charge in [0.25, 0.3) is 10.0 Å². The Balaban J connectivity index is 1.53. The van der Waals surface area contributed by atoms with E-state index in [1.54, 1.807) is 29.6 Å². The minimum atomic E-state index is -3.68. The Bertz CT molecular complexity index is 1110. The average molecular weight is 445 g/mol. The van der Waals surface area contributed by atoms with Gasteiger partial charge >= 0.3 is 0 Å². The number of anilines is 3. The molecule has 3 aromatic rings. The van der Waals surface area contributed by atoms with E-state index in [-0.39, 0.29) is 22.4 Å². The lowest BCUT2D eigenvalue weighted by molar-refractivity contribution is -0.116. The third-order valence-electron chi connectivity index (χ3n) is 4.38. The van der Waals surface area contributed by atoms with Crippen LogP contribution >= 0.6 is 11.3 Å². The Morgan fingerprint density at radius 2 is 1.73 bits per heavy atom. The first kappa shape index (κ1) is 21.8. The van der Waals surface area contributed by atoms with Crippen molar-refractivity contribution in [3.8, 4) is 0 Å². The molecule has 0 aliphatic heterocycles. The second kappa shape index (κ2) is 9.27. The molecule has 3 rings (SSSR count). The van der Waals surface area contributed by atoms with Crippen molar-refractivity contribution in [3.05, 3.63) is 65.2 Å². The van der Waals surface area contributed by atoms with Crippen LogP contribution in [-0.2, 0) is 21.2 Å². The molecule has 0 saturated heterocycles. The fourth-order valence-corrected chi connectivity index (χ4v) is 4.67. The van der Waals surface area contributed by atoms with Crippen LogP contribution in [-0.4, -0.2) is 33.4 Å². The lowest BCUT2D eigenvalue weighted by Crippen LogP contribution is -2.14. The first-order valence-electron chi connectivity index (χ1n) is 9.34. The van der Waals surface area contributed by atoms with Crippen LogP contribution in [0.1, 0.15) is 17.7 Å². The van der Waals surface area contributed by atoms with E-state index in [4.69, 9.17) is 0 Å². The molecule has 30 heavy (non-hydrogen) atoms. The molecule has 1 aromatic heterocycles. The number of aryl methyl sites for hydroxylation is 2. The summed E-state index contributed by atoms with van der Waals surface area (Å²) in [7, 11) is 0.227. The first-order valence-corrected chi connectivity index (χ1v) is 11.7. The highest BCUT2D eigenvalue weighted by atomic mass is 32.2. The summed E-state index contributed by atoms with van der Waals surface area (Å²) in [5.41, 5.74) is 3.43. The molecule has 1 heterocycles. The SMILES string of the molecule is Cc1ccc(S(=O)(=O)Nc2nc(CCC(=O)Nc3ccc(N(C)C)cc3)cs2)cc1. The van der Waals surface area contributed by atoms with E-state index < -0.39 is 10.0 Å². The minimum Gasteiger partial charge on any atom is -0.378 e. The Morgan fingerprint density at radius 3 is 2.37 bits per heavy atom. The summed E-state index contributed by atoms with van der Waals surface area (Å²) in [5, 5.41) is 4.89. The van der Waals surface area contributed by atoms with Crippen molar-refractivity contribution < 1.29 is 13.2 Å². The summed E-state index contributed by atoms with van der Waals surface area (Å²) < 4.78 is 27.4. The number of rotatable bonds is 8. The van der Waals surface area contributed by atoms with Gasteiger partial charge in [0.1, 0.15) is 0 Å². The van der Waals surface area contributed by atoms with Crippen LogP contribution in [0.2, 0.25) is 0 Å². The Kier molecular flexibility index (Phi) is 6.73. The highest BCUT2D eigenvalue weighted by Gasteiger charge is 2.16. The fourth-order valence-electron chi connectivity index (χ4n) is 2.67. The van der Waals surface area contributed by atoms with E-state index in [0.29, 0.717) is 12.1 Å². The number of benzene rings is 2. The van der Waals surface area contributed by atoms with Gasteiger partial charge in [-0.25, -0.2) is 13.4 Å². The Labute approximate surface area is 180 Å². The summed E-state index contributed by atoms with van der Waals surface area (Å²) in [6.45, 7) is 1.89. The fraction of sp³-hybridized carbons (Fsp3) is 0.238. The van der Waals surface area contributed by atoms with Crippen molar-refractivity contribution >= 4 is 43.8 Å². The molecule has 158 valence electrons. The van der Waals surface area contributed by atoms with Crippen LogP contribution in [0.4, 0.5) is 16.5 Å². The summed E-state index contributed by atoms with van der Waals surface area (Å²) in [6, 6.07) is 14.2. The van der Waals surface area contributed by atoms with Crippen LogP contribution in [0.3, 0.4) is 0 Å². The molecule has 0 saturated carbocycles. The van der Waals surface area contributed by atoms with Crippen molar-refractivity contribution in [3.63, 3.8) is 0 Å². The van der Waals surface area contributed by atoms with Crippen LogP contribution in [0, 0.1) is 6.92 Å². The molecule has 0 radical (unpaired) electrons. The highest BCUT2D eigenvalue weighted by molar-refractivity contribution is 7.93.